The van der Waals surface area contributed by atoms with Gasteiger partial charge in [0, 0.05) is 39.3 Å². The fraction of sp³-hybridized carbons (Fsp3) is 1.00. The first-order valence-corrected chi connectivity index (χ1v) is 7.36. The minimum atomic E-state index is 0.762. The zero-order valence-corrected chi connectivity index (χ0v) is 13.7. The van der Waals surface area contributed by atoms with Gasteiger partial charge in [0.25, 0.3) is 0 Å². The summed E-state index contributed by atoms with van der Waals surface area (Å²) in [7, 11) is 6.67. The second-order valence-electron chi connectivity index (χ2n) is 6.62. The Morgan fingerprint density at radius 3 is 1.11 bits per heavy atom. The quantitative estimate of drug-likeness (QED) is 0.593. The topological polar surface area (TPSA) is 9.72 Å². The van der Waals surface area contributed by atoms with E-state index in [0.29, 0.717) is 0 Å². The highest BCUT2D eigenvalue weighted by Crippen LogP contribution is 1.97. The molecule has 0 aliphatic rings. The van der Waals surface area contributed by atoms with Crippen LogP contribution in [0.15, 0.2) is 0 Å². The molecule has 3 heteroatoms. The lowest BCUT2D eigenvalue weighted by atomic mass is 10.2. The molecule has 0 aliphatic carbocycles. The van der Waals surface area contributed by atoms with Crippen LogP contribution in [0.4, 0.5) is 0 Å². The molecule has 0 unspecified atom stereocenters. The predicted octanol–water partition coefficient (Wildman–Crippen LogP) is 2.09. The number of likely N-dealkylation sites (N-methyl/N-ethyl adjacent to an activating group) is 3. The molecule has 0 spiro atoms. The van der Waals surface area contributed by atoms with Gasteiger partial charge in [-0.15, -0.1) is 0 Å². The zero-order valence-electron chi connectivity index (χ0n) is 13.7. The van der Waals surface area contributed by atoms with Crippen LogP contribution in [0.25, 0.3) is 0 Å². The van der Waals surface area contributed by atoms with Crippen LogP contribution < -0.4 is 0 Å². The first-order valence-electron chi connectivity index (χ1n) is 7.36. The van der Waals surface area contributed by atoms with Gasteiger partial charge in [-0.05, 0) is 33.0 Å². The summed E-state index contributed by atoms with van der Waals surface area (Å²) >= 11 is 0. The van der Waals surface area contributed by atoms with Crippen molar-refractivity contribution in [3.05, 3.63) is 0 Å². The van der Waals surface area contributed by atoms with Crippen LogP contribution in [0.5, 0.6) is 0 Å². The molecule has 0 aliphatic heterocycles. The highest BCUT2D eigenvalue weighted by atomic mass is 15.2. The molecule has 0 rings (SSSR count). The Bertz CT molecular complexity index is 172. The van der Waals surface area contributed by atoms with Crippen LogP contribution in [-0.4, -0.2) is 75.1 Å². The lowest BCUT2D eigenvalue weighted by molar-refractivity contribution is 0.210. The highest BCUT2D eigenvalue weighted by molar-refractivity contribution is 4.62. The second kappa shape index (κ2) is 9.76. The molecule has 0 saturated heterocycles. The Morgan fingerprint density at radius 2 is 0.833 bits per heavy atom. The summed E-state index contributed by atoms with van der Waals surface area (Å²) in [5.74, 6) is 1.52. The summed E-state index contributed by atoms with van der Waals surface area (Å²) in [4.78, 5) is 7.30. The summed E-state index contributed by atoms with van der Waals surface area (Å²) in [6.45, 7) is 16.2. The van der Waals surface area contributed by atoms with Gasteiger partial charge in [-0.25, -0.2) is 0 Å². The molecular weight excluding hydrogens is 222 g/mol. The molecule has 0 N–H and O–H groups in total. The number of hydrogen-bond donors (Lipinski definition) is 0. The lowest BCUT2D eigenvalue weighted by Crippen LogP contribution is -2.37. The first-order chi connectivity index (χ1) is 8.31. The Kier molecular flexibility index (Phi) is 9.70. The van der Waals surface area contributed by atoms with Crippen LogP contribution in [0.1, 0.15) is 27.7 Å². The fourth-order valence-electron chi connectivity index (χ4n) is 2.22. The van der Waals surface area contributed by atoms with Crippen molar-refractivity contribution in [2.75, 3.05) is 60.4 Å². The van der Waals surface area contributed by atoms with Crippen LogP contribution in [0.3, 0.4) is 0 Å². The molecule has 0 aromatic heterocycles. The largest absolute Gasteiger partial charge is 0.305 e. The molecule has 3 nitrogen and oxygen atoms in total. The zero-order chi connectivity index (χ0) is 14.1. The third-order valence-electron chi connectivity index (χ3n) is 3.08. The van der Waals surface area contributed by atoms with Gasteiger partial charge < -0.3 is 14.7 Å². The van der Waals surface area contributed by atoms with Crippen molar-refractivity contribution >= 4 is 0 Å². The molecule has 0 saturated carbocycles. The van der Waals surface area contributed by atoms with Gasteiger partial charge in [-0.1, -0.05) is 27.7 Å². The van der Waals surface area contributed by atoms with E-state index in [0.717, 1.165) is 11.8 Å². The summed E-state index contributed by atoms with van der Waals surface area (Å²) in [5.41, 5.74) is 0. The monoisotopic (exact) mass is 257 g/mol. The third kappa shape index (κ3) is 11.0. The average Bonchev–Trinajstić information content (AvgIpc) is 2.21. The molecule has 0 fully saturated rings. The Labute approximate surface area is 115 Å². The minimum Gasteiger partial charge on any atom is -0.305 e. The third-order valence-corrected chi connectivity index (χ3v) is 3.08. The van der Waals surface area contributed by atoms with E-state index < -0.39 is 0 Å². The maximum absolute atomic E-state index is 2.44. The molecule has 0 radical (unpaired) electrons. The van der Waals surface area contributed by atoms with Gasteiger partial charge >= 0.3 is 0 Å². The van der Waals surface area contributed by atoms with Crippen molar-refractivity contribution in [3.8, 4) is 0 Å². The summed E-state index contributed by atoms with van der Waals surface area (Å²) in [5, 5.41) is 0. The standard InChI is InChI=1S/C15H35N3/c1-14(2)12-17(6)10-8-16(5)9-11-18(7)13-15(3)4/h14-15H,8-13H2,1-7H3. The van der Waals surface area contributed by atoms with Crippen molar-refractivity contribution in [2.24, 2.45) is 11.8 Å². The van der Waals surface area contributed by atoms with Gasteiger partial charge in [-0.3, -0.25) is 0 Å². The smallest absolute Gasteiger partial charge is 0.0107 e. The van der Waals surface area contributed by atoms with Crippen molar-refractivity contribution in [2.45, 2.75) is 27.7 Å². The minimum absolute atomic E-state index is 0.762. The number of nitrogens with zero attached hydrogens (tertiary/aromatic N) is 3. The highest BCUT2D eigenvalue weighted by Gasteiger charge is 2.06. The molecule has 0 aromatic carbocycles. The van der Waals surface area contributed by atoms with Crippen LogP contribution in [-0.2, 0) is 0 Å². The molecular formula is C15H35N3. The molecule has 110 valence electrons. The summed E-state index contributed by atoms with van der Waals surface area (Å²) < 4.78 is 0. The normalized spacial score (nSPS) is 12.7. The van der Waals surface area contributed by atoms with Crippen LogP contribution in [0.2, 0.25) is 0 Å². The maximum Gasteiger partial charge on any atom is 0.0107 e. The van der Waals surface area contributed by atoms with E-state index in [2.05, 4.69) is 63.5 Å². The number of hydrogen-bond acceptors (Lipinski definition) is 3. The van der Waals surface area contributed by atoms with Crippen molar-refractivity contribution in [1.29, 1.82) is 0 Å². The van der Waals surface area contributed by atoms with Gasteiger partial charge in [0.05, 0.1) is 0 Å². The molecule has 0 amide bonds. The molecule has 0 atom stereocenters. The summed E-state index contributed by atoms with van der Waals surface area (Å²) in [6, 6.07) is 0. The van der Waals surface area contributed by atoms with Gasteiger partial charge in [-0.2, -0.15) is 0 Å². The van der Waals surface area contributed by atoms with E-state index >= 15 is 0 Å². The molecule has 0 bridgehead atoms. The van der Waals surface area contributed by atoms with Crippen molar-refractivity contribution in [3.63, 3.8) is 0 Å². The molecule has 18 heavy (non-hydrogen) atoms. The lowest BCUT2D eigenvalue weighted by Gasteiger charge is -2.25. The van der Waals surface area contributed by atoms with Gasteiger partial charge in [0.1, 0.15) is 0 Å². The SMILES string of the molecule is CC(C)CN(C)CCN(C)CCN(C)CC(C)C. The molecule has 0 heterocycles. The van der Waals surface area contributed by atoms with Gasteiger partial charge in [0.2, 0.25) is 0 Å². The second-order valence-corrected chi connectivity index (χ2v) is 6.62. The van der Waals surface area contributed by atoms with Crippen LogP contribution >= 0.6 is 0 Å². The Morgan fingerprint density at radius 1 is 0.556 bits per heavy atom. The van der Waals surface area contributed by atoms with E-state index in [4.69, 9.17) is 0 Å². The van der Waals surface area contributed by atoms with Crippen LogP contribution in [0, 0.1) is 11.8 Å². The fourth-order valence-corrected chi connectivity index (χ4v) is 2.22. The Balaban J connectivity index is 3.61. The van der Waals surface area contributed by atoms with E-state index in [1.807, 2.05) is 0 Å². The Hall–Kier alpha value is -0.120. The van der Waals surface area contributed by atoms with Crippen molar-refractivity contribution < 1.29 is 0 Å². The number of rotatable bonds is 10. The van der Waals surface area contributed by atoms with E-state index in [-0.39, 0.29) is 0 Å². The predicted molar refractivity (Wildman–Crippen MR) is 82.2 cm³/mol. The molecule has 0 aromatic rings. The van der Waals surface area contributed by atoms with Crippen molar-refractivity contribution in [1.82, 2.24) is 14.7 Å². The van der Waals surface area contributed by atoms with E-state index in [9.17, 15) is 0 Å². The average molecular weight is 257 g/mol. The summed E-state index contributed by atoms with van der Waals surface area (Å²) in [6.07, 6.45) is 0. The van der Waals surface area contributed by atoms with E-state index in [1.165, 1.54) is 39.3 Å². The van der Waals surface area contributed by atoms with E-state index in [1.54, 1.807) is 0 Å². The first kappa shape index (κ1) is 17.9. The maximum atomic E-state index is 2.44. The van der Waals surface area contributed by atoms with Gasteiger partial charge in [0.15, 0.2) is 0 Å².